The lowest BCUT2D eigenvalue weighted by Crippen LogP contribution is -2.08. The molecular formula is C10H15N3O4. The molecule has 94 valence electrons. The van der Waals surface area contributed by atoms with E-state index in [0.29, 0.717) is 31.9 Å². The molecule has 7 nitrogen and oxygen atoms in total. The van der Waals surface area contributed by atoms with Gasteiger partial charge in [-0.25, -0.2) is 0 Å². The average molecular weight is 241 g/mol. The maximum atomic E-state index is 10.7. The van der Waals surface area contributed by atoms with Crippen LogP contribution in [0.25, 0.3) is 0 Å². The van der Waals surface area contributed by atoms with Crippen LogP contribution < -0.4 is 5.32 Å². The summed E-state index contributed by atoms with van der Waals surface area (Å²) in [6.45, 7) is 1.39. The van der Waals surface area contributed by atoms with Crippen molar-refractivity contribution >= 4 is 11.4 Å². The molecule has 0 bridgehead atoms. The summed E-state index contributed by atoms with van der Waals surface area (Å²) in [6.07, 6.45) is 3.42. The molecule has 1 aromatic rings. The number of hydrogen-bond donors (Lipinski definition) is 2. The largest absolute Gasteiger partial charge is 0.394 e. The van der Waals surface area contributed by atoms with Crippen molar-refractivity contribution in [3.05, 3.63) is 28.6 Å². The van der Waals surface area contributed by atoms with Gasteiger partial charge in [0.1, 0.15) is 11.9 Å². The zero-order valence-corrected chi connectivity index (χ0v) is 9.33. The topological polar surface area (TPSA) is 97.5 Å². The van der Waals surface area contributed by atoms with Crippen molar-refractivity contribution in [3.8, 4) is 0 Å². The van der Waals surface area contributed by atoms with Crippen molar-refractivity contribution in [2.45, 2.75) is 6.42 Å². The number of nitrogens with one attached hydrogen (secondary N) is 1. The summed E-state index contributed by atoms with van der Waals surface area (Å²) >= 11 is 0. The van der Waals surface area contributed by atoms with Crippen LogP contribution in [0.3, 0.4) is 0 Å². The minimum Gasteiger partial charge on any atom is -0.394 e. The van der Waals surface area contributed by atoms with Gasteiger partial charge in [0.2, 0.25) is 0 Å². The Morgan fingerprint density at radius 2 is 2.35 bits per heavy atom. The molecular weight excluding hydrogens is 226 g/mol. The molecule has 2 N–H and O–H groups in total. The van der Waals surface area contributed by atoms with Gasteiger partial charge in [-0.3, -0.25) is 15.1 Å². The third-order valence-electron chi connectivity index (χ3n) is 2.01. The van der Waals surface area contributed by atoms with Crippen LogP contribution >= 0.6 is 0 Å². The quantitative estimate of drug-likeness (QED) is 0.397. The van der Waals surface area contributed by atoms with Crippen molar-refractivity contribution in [1.29, 1.82) is 0 Å². The zero-order chi connectivity index (χ0) is 12.5. The van der Waals surface area contributed by atoms with E-state index < -0.39 is 4.92 Å². The van der Waals surface area contributed by atoms with Crippen LogP contribution in [0.5, 0.6) is 0 Å². The third-order valence-corrected chi connectivity index (χ3v) is 2.01. The minimum absolute atomic E-state index is 0.00323. The Bertz CT molecular complexity index is 359. The predicted octanol–water partition coefficient (Wildman–Crippen LogP) is 0.801. The number of aliphatic hydroxyl groups excluding tert-OH is 1. The maximum Gasteiger partial charge on any atom is 0.310 e. The van der Waals surface area contributed by atoms with Crippen LogP contribution in [0, 0.1) is 10.1 Å². The molecule has 1 aromatic heterocycles. The third kappa shape index (κ3) is 4.75. The van der Waals surface area contributed by atoms with Crippen molar-refractivity contribution in [2.24, 2.45) is 0 Å². The second-order valence-corrected chi connectivity index (χ2v) is 3.27. The number of aromatic nitrogens is 1. The highest BCUT2D eigenvalue weighted by atomic mass is 16.6. The fraction of sp³-hybridized carbons (Fsp3) is 0.500. The van der Waals surface area contributed by atoms with E-state index in [4.69, 9.17) is 9.84 Å². The van der Waals surface area contributed by atoms with Crippen LogP contribution in [0.4, 0.5) is 11.4 Å². The first-order valence-electron chi connectivity index (χ1n) is 5.26. The Morgan fingerprint density at radius 1 is 1.53 bits per heavy atom. The van der Waals surface area contributed by atoms with E-state index in [0.717, 1.165) is 0 Å². The molecule has 0 aromatic carbocycles. The molecule has 0 aliphatic carbocycles. The van der Waals surface area contributed by atoms with E-state index in [-0.39, 0.29) is 12.3 Å². The summed E-state index contributed by atoms with van der Waals surface area (Å²) in [4.78, 5) is 13.9. The Balaban J connectivity index is 2.34. The van der Waals surface area contributed by atoms with E-state index >= 15 is 0 Å². The summed E-state index contributed by atoms with van der Waals surface area (Å²) in [5.74, 6) is 0. The number of aliphatic hydroxyl groups is 1. The lowest BCUT2D eigenvalue weighted by Gasteiger charge is -2.06. The molecule has 0 aliphatic rings. The van der Waals surface area contributed by atoms with Crippen LogP contribution in [0.1, 0.15) is 6.42 Å². The molecule has 0 spiro atoms. The van der Waals surface area contributed by atoms with Crippen LogP contribution in [0.15, 0.2) is 18.5 Å². The van der Waals surface area contributed by atoms with E-state index in [1.807, 2.05) is 0 Å². The molecule has 0 unspecified atom stereocenters. The number of nitrogens with zero attached hydrogens (tertiary/aromatic N) is 2. The number of anilines is 1. The first kappa shape index (κ1) is 13.3. The highest BCUT2D eigenvalue weighted by Gasteiger charge is 2.11. The molecule has 7 heteroatoms. The van der Waals surface area contributed by atoms with Gasteiger partial charge in [0.15, 0.2) is 0 Å². The van der Waals surface area contributed by atoms with Crippen LogP contribution in [-0.4, -0.2) is 41.4 Å². The van der Waals surface area contributed by atoms with Crippen molar-refractivity contribution in [2.75, 3.05) is 31.7 Å². The SMILES string of the molecule is O=[N+]([O-])c1cnccc1NCCCOCCO. The van der Waals surface area contributed by atoms with Gasteiger partial charge in [0.25, 0.3) is 0 Å². The van der Waals surface area contributed by atoms with Gasteiger partial charge >= 0.3 is 5.69 Å². The Hall–Kier alpha value is -1.73. The normalized spacial score (nSPS) is 10.2. The Kier molecular flexibility index (Phi) is 5.91. The smallest absolute Gasteiger partial charge is 0.310 e. The number of nitro groups is 1. The van der Waals surface area contributed by atoms with Gasteiger partial charge in [-0.05, 0) is 12.5 Å². The van der Waals surface area contributed by atoms with E-state index in [1.54, 1.807) is 6.07 Å². The van der Waals surface area contributed by atoms with Gasteiger partial charge in [0.05, 0.1) is 18.1 Å². The van der Waals surface area contributed by atoms with Gasteiger partial charge in [-0.15, -0.1) is 0 Å². The Morgan fingerprint density at radius 3 is 3.06 bits per heavy atom. The lowest BCUT2D eigenvalue weighted by molar-refractivity contribution is -0.384. The molecule has 1 rings (SSSR count). The first-order chi connectivity index (χ1) is 8.25. The second kappa shape index (κ2) is 7.53. The average Bonchev–Trinajstić information content (AvgIpc) is 2.34. The van der Waals surface area contributed by atoms with Crippen molar-refractivity contribution in [3.63, 3.8) is 0 Å². The predicted molar refractivity (Wildman–Crippen MR) is 61.9 cm³/mol. The molecule has 0 aliphatic heterocycles. The van der Waals surface area contributed by atoms with Gasteiger partial charge in [-0.2, -0.15) is 0 Å². The fourth-order valence-corrected chi connectivity index (χ4v) is 1.24. The number of ether oxygens (including phenoxy) is 1. The number of rotatable bonds is 8. The van der Waals surface area contributed by atoms with Crippen molar-refractivity contribution < 1.29 is 14.8 Å². The molecule has 0 saturated carbocycles. The number of hydrogen-bond acceptors (Lipinski definition) is 6. The monoisotopic (exact) mass is 241 g/mol. The highest BCUT2D eigenvalue weighted by Crippen LogP contribution is 2.21. The minimum atomic E-state index is -0.475. The van der Waals surface area contributed by atoms with Gasteiger partial charge in [-0.1, -0.05) is 0 Å². The van der Waals surface area contributed by atoms with E-state index in [9.17, 15) is 10.1 Å². The van der Waals surface area contributed by atoms with Crippen LogP contribution in [0.2, 0.25) is 0 Å². The summed E-state index contributed by atoms with van der Waals surface area (Å²) in [7, 11) is 0. The lowest BCUT2D eigenvalue weighted by atomic mass is 10.3. The summed E-state index contributed by atoms with van der Waals surface area (Å²) < 4.78 is 5.06. The van der Waals surface area contributed by atoms with Gasteiger partial charge in [0, 0.05) is 19.3 Å². The maximum absolute atomic E-state index is 10.7. The Labute approximate surface area is 98.6 Å². The van der Waals surface area contributed by atoms with E-state index in [2.05, 4.69) is 10.3 Å². The zero-order valence-electron chi connectivity index (χ0n) is 9.33. The summed E-state index contributed by atoms with van der Waals surface area (Å²) in [6, 6.07) is 1.56. The standard InChI is InChI=1S/C10H15N3O4/c14-5-7-17-6-1-3-12-9-2-4-11-8-10(9)13(15)16/h2,4,8,14H,1,3,5-7H2,(H,11,12). The van der Waals surface area contributed by atoms with Gasteiger partial charge < -0.3 is 15.2 Å². The molecule has 0 atom stereocenters. The molecule has 0 fully saturated rings. The number of pyridine rings is 1. The van der Waals surface area contributed by atoms with E-state index in [1.165, 1.54) is 12.4 Å². The molecule has 0 radical (unpaired) electrons. The van der Waals surface area contributed by atoms with Crippen molar-refractivity contribution in [1.82, 2.24) is 4.98 Å². The summed E-state index contributed by atoms with van der Waals surface area (Å²) in [5.41, 5.74) is 0.413. The molecule has 0 amide bonds. The first-order valence-corrected chi connectivity index (χ1v) is 5.26. The fourth-order valence-electron chi connectivity index (χ4n) is 1.24. The second-order valence-electron chi connectivity index (χ2n) is 3.27. The molecule has 1 heterocycles. The molecule has 17 heavy (non-hydrogen) atoms. The molecule has 0 saturated heterocycles. The summed E-state index contributed by atoms with van der Waals surface area (Å²) in [5, 5.41) is 22.1. The highest BCUT2D eigenvalue weighted by molar-refractivity contribution is 5.59. The van der Waals surface area contributed by atoms with Crippen LogP contribution in [-0.2, 0) is 4.74 Å².